The summed E-state index contributed by atoms with van der Waals surface area (Å²) in [6, 6.07) is 0. The van der Waals surface area contributed by atoms with Crippen molar-refractivity contribution in [2.45, 2.75) is 6.92 Å². The van der Waals surface area contributed by atoms with Crippen molar-refractivity contribution in [3.8, 4) is 0 Å². The molecule has 0 atom stereocenters. The zero-order valence-electron chi connectivity index (χ0n) is 7.23. The molecule has 12 heavy (non-hydrogen) atoms. The Bertz CT molecular complexity index is 159. The Kier molecular flexibility index (Phi) is 6.28. The molecule has 0 aliphatic carbocycles. The molecule has 0 saturated heterocycles. The van der Waals surface area contributed by atoms with Crippen LogP contribution in [0.2, 0.25) is 0 Å². The average Bonchev–Trinajstić information content (AvgIpc) is 2.05. The van der Waals surface area contributed by atoms with Crippen LogP contribution in [0, 0.1) is 0 Å². The van der Waals surface area contributed by atoms with Gasteiger partial charge in [-0.05, 0) is 6.92 Å². The summed E-state index contributed by atoms with van der Waals surface area (Å²) in [6.45, 7) is 5.61. The van der Waals surface area contributed by atoms with Gasteiger partial charge in [-0.2, -0.15) is 0 Å². The van der Waals surface area contributed by atoms with E-state index in [0.29, 0.717) is 12.2 Å². The van der Waals surface area contributed by atoms with E-state index in [2.05, 4.69) is 16.6 Å². The molecule has 0 aliphatic heterocycles. The highest BCUT2D eigenvalue weighted by Gasteiger charge is 2.05. The summed E-state index contributed by atoms with van der Waals surface area (Å²) < 4.78 is 16.2. The van der Waals surface area contributed by atoms with Crippen LogP contribution in [0.25, 0.3) is 0 Å². The second kappa shape index (κ2) is 6.79. The van der Waals surface area contributed by atoms with Gasteiger partial charge in [0.25, 0.3) is 0 Å². The highest BCUT2D eigenvalue weighted by atomic mass is 19.1. The van der Waals surface area contributed by atoms with Crippen LogP contribution in [-0.4, -0.2) is 32.3 Å². The molecule has 0 bridgehead atoms. The molecular weight excluding hydrogens is 161 g/mol. The molecule has 0 unspecified atom stereocenters. The number of hydrogen-bond acceptors (Lipinski definition) is 3. The summed E-state index contributed by atoms with van der Waals surface area (Å²) in [6.07, 6.45) is 0. The Morgan fingerprint density at radius 1 is 1.67 bits per heavy atom. The minimum atomic E-state index is -0.448. The summed E-state index contributed by atoms with van der Waals surface area (Å²) >= 11 is 0. The molecule has 1 N–H and O–H groups in total. The second-order valence-electron chi connectivity index (χ2n) is 2.19. The molecule has 0 spiro atoms. The van der Waals surface area contributed by atoms with Gasteiger partial charge >= 0.3 is 5.97 Å². The van der Waals surface area contributed by atoms with E-state index in [4.69, 9.17) is 0 Å². The maximum atomic E-state index is 11.6. The number of hydrogen-bond donors (Lipinski definition) is 1. The van der Waals surface area contributed by atoms with Crippen LogP contribution in [0.1, 0.15) is 6.92 Å². The van der Waals surface area contributed by atoms with Gasteiger partial charge in [0.1, 0.15) is 6.67 Å². The summed E-state index contributed by atoms with van der Waals surface area (Å²) in [5.74, 6) is -0.427. The van der Waals surface area contributed by atoms with Crippen LogP contribution >= 0.6 is 0 Å². The third-order valence-corrected chi connectivity index (χ3v) is 1.17. The number of alkyl halides is 1. The molecule has 0 aromatic rings. The van der Waals surface area contributed by atoms with Crippen molar-refractivity contribution in [1.29, 1.82) is 0 Å². The maximum absolute atomic E-state index is 11.6. The molecule has 0 aromatic carbocycles. The number of rotatable bonds is 6. The van der Waals surface area contributed by atoms with Gasteiger partial charge in [-0.25, -0.2) is 9.18 Å². The third-order valence-electron chi connectivity index (χ3n) is 1.17. The van der Waals surface area contributed by atoms with E-state index in [1.807, 2.05) is 0 Å². The topological polar surface area (TPSA) is 38.3 Å². The minimum absolute atomic E-state index is 0.235. The van der Waals surface area contributed by atoms with Gasteiger partial charge < -0.3 is 10.1 Å². The Morgan fingerprint density at radius 2 is 2.33 bits per heavy atom. The predicted molar refractivity (Wildman–Crippen MR) is 44.6 cm³/mol. The fourth-order valence-corrected chi connectivity index (χ4v) is 0.611. The summed E-state index contributed by atoms with van der Waals surface area (Å²) in [7, 11) is 0. The zero-order chi connectivity index (χ0) is 9.40. The van der Waals surface area contributed by atoms with Crippen LogP contribution in [0.4, 0.5) is 4.39 Å². The average molecular weight is 175 g/mol. The Labute approximate surface area is 71.6 Å². The lowest BCUT2D eigenvalue weighted by Gasteiger charge is -2.04. The third kappa shape index (κ3) is 4.85. The highest BCUT2D eigenvalue weighted by Crippen LogP contribution is 1.91. The fourth-order valence-electron chi connectivity index (χ4n) is 0.611. The monoisotopic (exact) mass is 175 g/mol. The molecule has 0 radical (unpaired) electrons. The van der Waals surface area contributed by atoms with Crippen molar-refractivity contribution in [2.24, 2.45) is 0 Å². The number of halogens is 1. The smallest absolute Gasteiger partial charge is 0.334 e. The van der Waals surface area contributed by atoms with Gasteiger partial charge in [-0.3, -0.25) is 0 Å². The Hall–Kier alpha value is -0.900. The molecule has 0 saturated carbocycles. The van der Waals surface area contributed by atoms with Crippen molar-refractivity contribution in [3.63, 3.8) is 0 Å². The van der Waals surface area contributed by atoms with E-state index in [0.717, 1.165) is 0 Å². The van der Waals surface area contributed by atoms with Gasteiger partial charge in [0, 0.05) is 18.7 Å². The first-order valence-corrected chi connectivity index (χ1v) is 3.84. The van der Waals surface area contributed by atoms with Crippen LogP contribution < -0.4 is 5.32 Å². The zero-order valence-corrected chi connectivity index (χ0v) is 7.23. The number of nitrogens with one attached hydrogen (secondary N) is 1. The van der Waals surface area contributed by atoms with Crippen LogP contribution in [-0.2, 0) is 9.53 Å². The van der Waals surface area contributed by atoms with E-state index >= 15 is 0 Å². The SMILES string of the molecule is C=C(CNCCF)C(=O)OCC. The van der Waals surface area contributed by atoms with Crippen molar-refractivity contribution in [3.05, 3.63) is 12.2 Å². The summed E-state index contributed by atoms with van der Waals surface area (Å²) in [5, 5.41) is 2.70. The van der Waals surface area contributed by atoms with Gasteiger partial charge in [0.05, 0.1) is 6.61 Å². The van der Waals surface area contributed by atoms with Crippen molar-refractivity contribution in [1.82, 2.24) is 5.32 Å². The van der Waals surface area contributed by atoms with Gasteiger partial charge in [0.2, 0.25) is 0 Å². The van der Waals surface area contributed by atoms with Crippen molar-refractivity contribution < 1.29 is 13.9 Å². The molecule has 3 nitrogen and oxygen atoms in total. The normalized spacial score (nSPS) is 9.50. The molecule has 0 aromatic heterocycles. The van der Waals surface area contributed by atoms with Gasteiger partial charge in [-0.15, -0.1) is 0 Å². The quantitative estimate of drug-likeness (QED) is 0.366. The van der Waals surface area contributed by atoms with E-state index in [9.17, 15) is 9.18 Å². The number of ether oxygens (including phenoxy) is 1. The molecule has 4 heteroatoms. The van der Waals surface area contributed by atoms with Crippen molar-refractivity contribution in [2.75, 3.05) is 26.4 Å². The van der Waals surface area contributed by atoms with Crippen LogP contribution in [0.5, 0.6) is 0 Å². The Balaban J connectivity index is 3.50. The lowest BCUT2D eigenvalue weighted by atomic mass is 10.3. The summed E-state index contributed by atoms with van der Waals surface area (Å²) in [4.78, 5) is 10.9. The Morgan fingerprint density at radius 3 is 2.83 bits per heavy atom. The molecule has 0 heterocycles. The van der Waals surface area contributed by atoms with E-state index in [1.54, 1.807) is 6.92 Å². The molecule has 0 rings (SSSR count). The number of esters is 1. The lowest BCUT2D eigenvalue weighted by molar-refractivity contribution is -0.138. The molecule has 0 aliphatic rings. The van der Waals surface area contributed by atoms with Gasteiger partial charge in [-0.1, -0.05) is 6.58 Å². The highest BCUT2D eigenvalue weighted by molar-refractivity contribution is 5.88. The number of carbonyl (C=O) groups is 1. The van der Waals surface area contributed by atoms with E-state index < -0.39 is 12.6 Å². The number of carbonyl (C=O) groups excluding carboxylic acids is 1. The minimum Gasteiger partial charge on any atom is -0.463 e. The molecule has 0 fully saturated rings. The lowest BCUT2D eigenvalue weighted by Crippen LogP contribution is -2.23. The maximum Gasteiger partial charge on any atom is 0.334 e. The largest absolute Gasteiger partial charge is 0.463 e. The molecule has 0 amide bonds. The second-order valence-corrected chi connectivity index (χ2v) is 2.19. The van der Waals surface area contributed by atoms with E-state index in [1.165, 1.54) is 0 Å². The van der Waals surface area contributed by atoms with E-state index in [-0.39, 0.29) is 13.1 Å². The summed E-state index contributed by atoms with van der Waals surface area (Å²) in [5.41, 5.74) is 0.324. The van der Waals surface area contributed by atoms with Crippen LogP contribution in [0.15, 0.2) is 12.2 Å². The first-order valence-electron chi connectivity index (χ1n) is 3.84. The standard InChI is InChI=1S/C8H14FNO2/c1-3-12-8(11)7(2)6-10-5-4-9/h10H,2-6H2,1H3. The predicted octanol–water partition coefficient (Wildman–Crippen LogP) is 0.665. The van der Waals surface area contributed by atoms with Crippen molar-refractivity contribution >= 4 is 5.97 Å². The fraction of sp³-hybridized carbons (Fsp3) is 0.625. The first-order chi connectivity index (χ1) is 5.72. The first kappa shape index (κ1) is 11.1. The molecule has 70 valence electrons. The van der Waals surface area contributed by atoms with Gasteiger partial charge in [0.15, 0.2) is 0 Å². The van der Waals surface area contributed by atoms with Crippen LogP contribution in [0.3, 0.4) is 0 Å². The molecular formula is C8H14FNO2.